The van der Waals surface area contributed by atoms with Crippen LogP contribution in [-0.4, -0.2) is 38.0 Å². The average Bonchev–Trinajstić information content (AvgIpc) is 3.51. The molecule has 6 rings (SSSR count). The Labute approximate surface area is 205 Å². The number of nitrogens with zero attached hydrogens (tertiary/aromatic N) is 1. The number of allylic oxidation sites excluding steroid dienone is 4. The van der Waals surface area contributed by atoms with E-state index in [-0.39, 0.29) is 37.1 Å². The minimum Gasteiger partial charge on any atom is -0.492 e. The van der Waals surface area contributed by atoms with E-state index in [1.54, 1.807) is 12.1 Å². The molecule has 1 N–H and O–H groups in total. The van der Waals surface area contributed by atoms with Crippen molar-refractivity contribution in [3.05, 3.63) is 76.6 Å². The molecule has 1 fully saturated rings. The van der Waals surface area contributed by atoms with Gasteiger partial charge < -0.3 is 24.3 Å². The van der Waals surface area contributed by atoms with Crippen LogP contribution >= 0.6 is 0 Å². The Bertz CT molecular complexity index is 1420. The molecule has 0 saturated carbocycles. The van der Waals surface area contributed by atoms with Crippen molar-refractivity contribution >= 4 is 23.2 Å². The van der Waals surface area contributed by atoms with Crippen LogP contribution < -0.4 is 14.8 Å². The largest absolute Gasteiger partial charge is 0.492 e. The summed E-state index contributed by atoms with van der Waals surface area (Å²) >= 11 is 0. The monoisotopic (exact) mass is 484 g/mol. The highest BCUT2D eigenvalue weighted by atomic mass is 16.7. The lowest BCUT2D eigenvalue weighted by Gasteiger charge is -2.40. The van der Waals surface area contributed by atoms with E-state index in [0.717, 1.165) is 16.8 Å². The number of Topliss-reactive ketones (excluding diaryl/α,β-unsaturated/α-hetero) is 1. The Morgan fingerprint density at radius 2 is 1.72 bits per heavy atom. The van der Waals surface area contributed by atoms with E-state index in [0.29, 0.717) is 22.6 Å². The molecule has 0 aromatic heterocycles. The van der Waals surface area contributed by atoms with Crippen LogP contribution in [0.2, 0.25) is 0 Å². The summed E-state index contributed by atoms with van der Waals surface area (Å²) in [6, 6.07) is 12.6. The molecule has 9 heteroatoms. The minimum absolute atomic E-state index is 0.0689. The number of hydrogen-bond acceptors (Lipinski definition) is 9. The fraction of sp³-hybridized carbons (Fsp3) is 0.259. The number of nitrogens with one attached hydrogen (secondary N) is 1. The summed E-state index contributed by atoms with van der Waals surface area (Å²) in [6.45, 7) is 0.262. The van der Waals surface area contributed by atoms with Gasteiger partial charge in [0.05, 0.1) is 37.3 Å². The Morgan fingerprint density at radius 1 is 1.00 bits per heavy atom. The van der Waals surface area contributed by atoms with E-state index in [4.69, 9.17) is 24.2 Å². The van der Waals surface area contributed by atoms with E-state index >= 15 is 0 Å². The second kappa shape index (κ2) is 8.27. The molecule has 2 aromatic carbocycles. The molecular weight excluding hydrogens is 464 g/mol. The molecule has 0 spiro atoms. The Morgan fingerprint density at radius 3 is 2.42 bits per heavy atom. The molecule has 0 bridgehead atoms. The van der Waals surface area contributed by atoms with Crippen LogP contribution in [0.3, 0.4) is 0 Å². The fourth-order valence-corrected chi connectivity index (χ4v) is 5.50. The topological polar surface area (TPSA) is 124 Å². The number of cyclic esters (lactones) is 1. The number of ketones is 2. The number of ether oxygens (including phenoxy) is 4. The van der Waals surface area contributed by atoms with E-state index in [1.165, 1.54) is 19.3 Å². The van der Waals surface area contributed by atoms with Crippen molar-refractivity contribution in [1.82, 2.24) is 0 Å². The maximum absolute atomic E-state index is 13.1. The van der Waals surface area contributed by atoms with Gasteiger partial charge in [0.25, 0.3) is 5.78 Å². The number of carbonyl (C=O) groups is 3. The highest BCUT2D eigenvalue weighted by Crippen LogP contribution is 2.55. The summed E-state index contributed by atoms with van der Waals surface area (Å²) in [5, 5.41) is 12.6. The Kier molecular flexibility index (Phi) is 5.04. The number of methoxy groups -OCH3 is 1. The first kappa shape index (κ1) is 21.9. The van der Waals surface area contributed by atoms with Gasteiger partial charge in [-0.1, -0.05) is 0 Å². The molecule has 0 radical (unpaired) electrons. The molecule has 36 heavy (non-hydrogen) atoms. The summed E-state index contributed by atoms with van der Waals surface area (Å²) in [5.74, 6) is -2.21. The Balaban J connectivity index is 1.51. The number of rotatable bonds is 4. The second-order valence-corrected chi connectivity index (χ2v) is 8.99. The molecule has 2 aliphatic carbocycles. The number of fused-ring (bicyclic) bond motifs is 3. The molecule has 4 aliphatic rings. The van der Waals surface area contributed by atoms with Gasteiger partial charge in [-0.3, -0.25) is 14.4 Å². The highest BCUT2D eigenvalue weighted by molar-refractivity contribution is 6.47. The van der Waals surface area contributed by atoms with E-state index < -0.39 is 23.4 Å². The normalized spacial score (nSPS) is 25.7. The molecule has 1 saturated heterocycles. The van der Waals surface area contributed by atoms with Crippen molar-refractivity contribution in [3.8, 4) is 17.6 Å². The standard InChI is InChI=1S/C27H20N2O7/c1-33-22-7-14(6-19(30)26(22)31)23-16-8-20-21(36-12-35-20)9-17(16)25(18-11-34-27(32)24(18)23)29-15-4-2-13(10-28)3-5-15/h2-9,18,23-25,29H,11-12H2,1H3/t18-,23+,24-,25+/m0/s1. The van der Waals surface area contributed by atoms with Crippen LogP contribution in [0.1, 0.15) is 28.7 Å². The predicted octanol–water partition coefficient (Wildman–Crippen LogP) is 2.94. The molecule has 2 aliphatic heterocycles. The third kappa shape index (κ3) is 3.33. The van der Waals surface area contributed by atoms with Crippen LogP contribution in [0.25, 0.3) is 0 Å². The maximum atomic E-state index is 13.1. The molecule has 4 atom stereocenters. The molecule has 2 heterocycles. The van der Waals surface area contributed by atoms with Gasteiger partial charge in [-0.2, -0.15) is 5.26 Å². The van der Waals surface area contributed by atoms with Gasteiger partial charge in [0.2, 0.25) is 12.6 Å². The van der Waals surface area contributed by atoms with Gasteiger partial charge in [-0.05, 0) is 65.3 Å². The van der Waals surface area contributed by atoms with Crippen molar-refractivity contribution in [2.75, 3.05) is 25.8 Å². The van der Waals surface area contributed by atoms with Crippen LogP contribution in [0.4, 0.5) is 5.69 Å². The predicted molar refractivity (Wildman–Crippen MR) is 124 cm³/mol. The van der Waals surface area contributed by atoms with Crippen molar-refractivity contribution in [2.45, 2.75) is 12.0 Å². The first-order valence-corrected chi connectivity index (χ1v) is 11.4. The summed E-state index contributed by atoms with van der Waals surface area (Å²) < 4.78 is 22.0. The number of hydrogen-bond donors (Lipinski definition) is 1. The zero-order chi connectivity index (χ0) is 25.0. The molecule has 0 amide bonds. The maximum Gasteiger partial charge on any atom is 0.310 e. The number of esters is 1. The molecule has 2 aromatic rings. The number of carbonyl (C=O) groups excluding carboxylic acids is 3. The zero-order valence-electron chi connectivity index (χ0n) is 19.1. The summed E-state index contributed by atoms with van der Waals surface area (Å²) in [5.41, 5.74) is 3.45. The summed E-state index contributed by atoms with van der Waals surface area (Å²) in [7, 11) is 1.33. The van der Waals surface area contributed by atoms with Crippen molar-refractivity contribution in [2.24, 2.45) is 11.8 Å². The third-order valence-electron chi connectivity index (χ3n) is 7.15. The summed E-state index contributed by atoms with van der Waals surface area (Å²) in [4.78, 5) is 37.8. The summed E-state index contributed by atoms with van der Waals surface area (Å²) in [6.07, 6.45) is 2.81. The van der Waals surface area contributed by atoms with E-state index in [1.807, 2.05) is 24.3 Å². The SMILES string of the molecule is COC1=CC([C@@H]2c3cc4c(cc3[C@@H](Nc3ccc(C#N)cc3)[C@H]3COC(=O)[C@@H]32)OCO4)=CC(=O)C1=O. The van der Waals surface area contributed by atoms with E-state index in [9.17, 15) is 14.4 Å². The van der Waals surface area contributed by atoms with Gasteiger partial charge in [0.15, 0.2) is 17.3 Å². The third-order valence-corrected chi connectivity index (χ3v) is 7.15. The van der Waals surface area contributed by atoms with Gasteiger partial charge in [0.1, 0.15) is 0 Å². The van der Waals surface area contributed by atoms with Crippen LogP contribution in [0, 0.1) is 23.2 Å². The highest BCUT2D eigenvalue weighted by Gasteiger charge is 2.53. The molecular formula is C27H20N2O7. The van der Waals surface area contributed by atoms with Crippen molar-refractivity contribution < 1.29 is 33.3 Å². The lowest BCUT2D eigenvalue weighted by molar-refractivity contribution is -0.141. The van der Waals surface area contributed by atoms with Gasteiger partial charge in [-0.25, -0.2) is 0 Å². The lowest BCUT2D eigenvalue weighted by Crippen LogP contribution is -2.38. The number of anilines is 1. The minimum atomic E-state index is -0.728. The second-order valence-electron chi connectivity index (χ2n) is 8.99. The van der Waals surface area contributed by atoms with Crippen molar-refractivity contribution in [1.29, 1.82) is 5.26 Å². The Hall–Kier alpha value is -4.58. The smallest absolute Gasteiger partial charge is 0.310 e. The van der Waals surface area contributed by atoms with Gasteiger partial charge >= 0.3 is 5.97 Å². The fourth-order valence-electron chi connectivity index (χ4n) is 5.50. The van der Waals surface area contributed by atoms with Crippen LogP contribution in [0.5, 0.6) is 11.5 Å². The quantitative estimate of drug-likeness (QED) is 0.396. The number of nitriles is 1. The van der Waals surface area contributed by atoms with Crippen LogP contribution in [0.15, 0.2) is 59.9 Å². The van der Waals surface area contributed by atoms with Crippen LogP contribution in [-0.2, 0) is 23.9 Å². The van der Waals surface area contributed by atoms with Gasteiger partial charge in [-0.15, -0.1) is 0 Å². The molecule has 9 nitrogen and oxygen atoms in total. The lowest BCUT2D eigenvalue weighted by atomic mass is 9.64. The number of benzene rings is 2. The average molecular weight is 484 g/mol. The molecule has 180 valence electrons. The van der Waals surface area contributed by atoms with Crippen molar-refractivity contribution in [3.63, 3.8) is 0 Å². The first-order chi connectivity index (χ1) is 17.5. The first-order valence-electron chi connectivity index (χ1n) is 11.4. The van der Waals surface area contributed by atoms with Gasteiger partial charge in [0, 0.05) is 17.5 Å². The molecule has 0 unspecified atom stereocenters. The van der Waals surface area contributed by atoms with E-state index in [2.05, 4.69) is 11.4 Å². The zero-order valence-corrected chi connectivity index (χ0v) is 19.1.